The summed E-state index contributed by atoms with van der Waals surface area (Å²) in [6, 6.07) is 7.44. The van der Waals surface area contributed by atoms with E-state index in [4.69, 9.17) is 0 Å². The molecule has 4 heteroatoms. The lowest BCUT2D eigenvalue weighted by molar-refractivity contribution is 0.567. The normalized spacial score (nSPS) is 12.7. The van der Waals surface area contributed by atoms with Crippen molar-refractivity contribution in [3.63, 3.8) is 0 Å². The van der Waals surface area contributed by atoms with E-state index in [9.17, 15) is 4.39 Å². The fourth-order valence-corrected chi connectivity index (χ4v) is 2.43. The topological polar surface area (TPSA) is 29.9 Å². The predicted molar refractivity (Wildman–Crippen MR) is 79.2 cm³/mol. The highest BCUT2D eigenvalue weighted by molar-refractivity contribution is 5.32. The molecule has 1 aromatic heterocycles. The third-order valence-electron chi connectivity index (χ3n) is 3.55. The Morgan fingerprint density at radius 3 is 2.60 bits per heavy atom. The van der Waals surface area contributed by atoms with Crippen molar-refractivity contribution in [2.75, 3.05) is 6.54 Å². The third-order valence-corrected chi connectivity index (χ3v) is 3.55. The number of aromatic nitrogens is 2. The van der Waals surface area contributed by atoms with E-state index in [1.54, 1.807) is 6.92 Å². The molecule has 0 amide bonds. The van der Waals surface area contributed by atoms with Crippen LogP contribution in [-0.4, -0.2) is 16.3 Å². The third kappa shape index (κ3) is 2.90. The van der Waals surface area contributed by atoms with Crippen LogP contribution in [0.1, 0.15) is 42.4 Å². The monoisotopic (exact) mass is 275 g/mol. The fraction of sp³-hybridized carbons (Fsp3) is 0.438. The molecular weight excluding hydrogens is 253 g/mol. The number of aryl methyl sites for hydroxylation is 3. The summed E-state index contributed by atoms with van der Waals surface area (Å²) in [5, 5.41) is 7.96. The molecule has 1 unspecified atom stereocenters. The quantitative estimate of drug-likeness (QED) is 0.908. The summed E-state index contributed by atoms with van der Waals surface area (Å²) in [5.41, 5.74) is 3.92. The fourth-order valence-electron chi connectivity index (χ4n) is 2.43. The van der Waals surface area contributed by atoms with Gasteiger partial charge in [0, 0.05) is 7.05 Å². The van der Waals surface area contributed by atoms with Crippen molar-refractivity contribution >= 4 is 0 Å². The molecular formula is C16H22FN3. The largest absolute Gasteiger partial charge is 0.305 e. The van der Waals surface area contributed by atoms with E-state index in [2.05, 4.69) is 30.3 Å². The summed E-state index contributed by atoms with van der Waals surface area (Å²) in [6.45, 7) is 6.80. The first-order chi connectivity index (χ1) is 9.56. The van der Waals surface area contributed by atoms with Gasteiger partial charge in [0.2, 0.25) is 0 Å². The molecule has 0 aliphatic rings. The number of benzene rings is 1. The van der Waals surface area contributed by atoms with Crippen LogP contribution in [0.3, 0.4) is 0 Å². The molecule has 0 aliphatic carbocycles. The molecule has 0 saturated carbocycles. The van der Waals surface area contributed by atoms with Gasteiger partial charge < -0.3 is 5.32 Å². The van der Waals surface area contributed by atoms with E-state index in [0.29, 0.717) is 5.56 Å². The summed E-state index contributed by atoms with van der Waals surface area (Å²) in [5.74, 6) is -0.164. The van der Waals surface area contributed by atoms with E-state index in [1.165, 1.54) is 6.07 Å². The molecule has 1 atom stereocenters. The molecule has 0 fully saturated rings. The standard InChI is InChI=1S/C16H22FN3/c1-5-13-10-15(20(4)19-13)16(18-6-2)12-7-8-14(17)11(3)9-12/h7-10,16,18H,5-6H2,1-4H3. The first-order valence-corrected chi connectivity index (χ1v) is 7.09. The van der Waals surface area contributed by atoms with Crippen molar-refractivity contribution in [1.29, 1.82) is 0 Å². The molecule has 20 heavy (non-hydrogen) atoms. The van der Waals surface area contributed by atoms with Gasteiger partial charge in [0.1, 0.15) is 5.82 Å². The average Bonchev–Trinajstić information content (AvgIpc) is 2.80. The van der Waals surface area contributed by atoms with Gasteiger partial charge in [-0.15, -0.1) is 0 Å². The van der Waals surface area contributed by atoms with Gasteiger partial charge in [-0.2, -0.15) is 5.10 Å². The van der Waals surface area contributed by atoms with Crippen LogP contribution in [0, 0.1) is 12.7 Å². The Morgan fingerprint density at radius 2 is 2.05 bits per heavy atom. The van der Waals surface area contributed by atoms with Crippen LogP contribution in [0.5, 0.6) is 0 Å². The van der Waals surface area contributed by atoms with Crippen LogP contribution in [0.4, 0.5) is 4.39 Å². The molecule has 0 spiro atoms. The predicted octanol–water partition coefficient (Wildman–Crippen LogP) is 3.13. The smallest absolute Gasteiger partial charge is 0.126 e. The van der Waals surface area contributed by atoms with Crippen molar-refractivity contribution in [3.8, 4) is 0 Å². The van der Waals surface area contributed by atoms with E-state index < -0.39 is 0 Å². The van der Waals surface area contributed by atoms with Gasteiger partial charge in [0.15, 0.2) is 0 Å². The molecule has 0 saturated heterocycles. The van der Waals surface area contributed by atoms with Gasteiger partial charge in [-0.25, -0.2) is 4.39 Å². The van der Waals surface area contributed by atoms with Gasteiger partial charge in [-0.3, -0.25) is 4.68 Å². The average molecular weight is 275 g/mol. The molecule has 0 radical (unpaired) electrons. The summed E-state index contributed by atoms with van der Waals surface area (Å²) in [6.07, 6.45) is 0.912. The van der Waals surface area contributed by atoms with Gasteiger partial charge in [0.25, 0.3) is 0 Å². The minimum atomic E-state index is -0.164. The zero-order chi connectivity index (χ0) is 14.7. The highest BCUT2D eigenvalue weighted by Crippen LogP contribution is 2.24. The molecule has 3 nitrogen and oxygen atoms in total. The summed E-state index contributed by atoms with van der Waals surface area (Å²) < 4.78 is 15.4. The van der Waals surface area contributed by atoms with Crippen molar-refractivity contribution in [2.45, 2.75) is 33.2 Å². The lowest BCUT2D eigenvalue weighted by atomic mass is 10.0. The Hall–Kier alpha value is -1.68. The van der Waals surface area contributed by atoms with Gasteiger partial charge in [-0.1, -0.05) is 26.0 Å². The van der Waals surface area contributed by atoms with Crippen LogP contribution in [-0.2, 0) is 13.5 Å². The Morgan fingerprint density at radius 1 is 1.30 bits per heavy atom. The summed E-state index contributed by atoms with van der Waals surface area (Å²) in [4.78, 5) is 0. The maximum atomic E-state index is 13.5. The minimum Gasteiger partial charge on any atom is -0.305 e. The zero-order valence-corrected chi connectivity index (χ0v) is 12.6. The second-order valence-corrected chi connectivity index (χ2v) is 5.04. The number of rotatable bonds is 5. The number of hydrogen-bond donors (Lipinski definition) is 1. The maximum Gasteiger partial charge on any atom is 0.126 e. The van der Waals surface area contributed by atoms with E-state index in [-0.39, 0.29) is 11.9 Å². The van der Waals surface area contributed by atoms with E-state index in [0.717, 1.165) is 29.9 Å². The first kappa shape index (κ1) is 14.7. The Labute approximate surface area is 119 Å². The minimum absolute atomic E-state index is 0.0390. The highest BCUT2D eigenvalue weighted by atomic mass is 19.1. The van der Waals surface area contributed by atoms with Crippen LogP contribution in [0.25, 0.3) is 0 Å². The lowest BCUT2D eigenvalue weighted by Gasteiger charge is -2.19. The second-order valence-electron chi connectivity index (χ2n) is 5.04. The van der Waals surface area contributed by atoms with Gasteiger partial charge in [-0.05, 0) is 43.1 Å². The first-order valence-electron chi connectivity index (χ1n) is 7.09. The van der Waals surface area contributed by atoms with E-state index in [1.807, 2.05) is 23.9 Å². The highest BCUT2D eigenvalue weighted by Gasteiger charge is 2.18. The van der Waals surface area contributed by atoms with Gasteiger partial charge >= 0.3 is 0 Å². The molecule has 2 aromatic rings. The molecule has 1 aromatic carbocycles. The van der Waals surface area contributed by atoms with Crippen LogP contribution in [0.2, 0.25) is 0 Å². The Kier molecular flexibility index (Phi) is 4.55. The molecule has 108 valence electrons. The van der Waals surface area contributed by atoms with Crippen molar-refractivity contribution in [3.05, 3.63) is 52.6 Å². The maximum absolute atomic E-state index is 13.5. The summed E-state index contributed by atoms with van der Waals surface area (Å²) in [7, 11) is 1.95. The molecule has 1 N–H and O–H groups in total. The van der Waals surface area contributed by atoms with Crippen LogP contribution in [0.15, 0.2) is 24.3 Å². The zero-order valence-electron chi connectivity index (χ0n) is 12.6. The Bertz CT molecular complexity index is 589. The molecule has 0 aliphatic heterocycles. The van der Waals surface area contributed by atoms with Crippen molar-refractivity contribution < 1.29 is 4.39 Å². The lowest BCUT2D eigenvalue weighted by Crippen LogP contribution is -2.24. The number of nitrogens with zero attached hydrogens (tertiary/aromatic N) is 2. The van der Waals surface area contributed by atoms with Crippen LogP contribution < -0.4 is 5.32 Å². The second kappa shape index (κ2) is 6.18. The molecule has 1 heterocycles. The van der Waals surface area contributed by atoms with Crippen molar-refractivity contribution in [2.24, 2.45) is 7.05 Å². The van der Waals surface area contributed by atoms with Crippen LogP contribution >= 0.6 is 0 Å². The Balaban J connectivity index is 2.44. The van der Waals surface area contributed by atoms with Gasteiger partial charge in [0.05, 0.1) is 17.4 Å². The van der Waals surface area contributed by atoms with Crippen molar-refractivity contribution in [1.82, 2.24) is 15.1 Å². The SMILES string of the molecule is CCNC(c1ccc(F)c(C)c1)c1cc(CC)nn1C. The number of halogens is 1. The molecule has 0 bridgehead atoms. The summed E-state index contributed by atoms with van der Waals surface area (Å²) >= 11 is 0. The number of nitrogens with one attached hydrogen (secondary N) is 1. The molecule has 2 rings (SSSR count). The number of hydrogen-bond acceptors (Lipinski definition) is 2. The van der Waals surface area contributed by atoms with E-state index >= 15 is 0 Å².